The zero-order valence-electron chi connectivity index (χ0n) is 10.7. The Morgan fingerprint density at radius 2 is 2.00 bits per heavy atom. The van der Waals surface area contributed by atoms with Gasteiger partial charge in [-0.3, -0.25) is 4.57 Å². The molecule has 0 fully saturated rings. The number of aryl methyl sites for hydroxylation is 1. The minimum Gasteiger partial charge on any atom is -0.295 e. The fourth-order valence-corrected chi connectivity index (χ4v) is 2.63. The van der Waals surface area contributed by atoms with Gasteiger partial charge < -0.3 is 0 Å². The maximum Gasteiger partial charge on any atom is 0.129 e. The van der Waals surface area contributed by atoms with Crippen molar-refractivity contribution in [3.05, 3.63) is 58.6 Å². The monoisotopic (exact) mass is 308 g/mol. The van der Waals surface area contributed by atoms with E-state index in [1.54, 1.807) is 18.2 Å². The number of hydrogen-bond donors (Lipinski definition) is 0. The van der Waals surface area contributed by atoms with Crippen molar-refractivity contribution in [2.75, 3.05) is 0 Å². The lowest BCUT2D eigenvalue weighted by molar-refractivity contribution is 0.626. The predicted molar refractivity (Wildman–Crippen MR) is 80.3 cm³/mol. The molecule has 3 rings (SSSR count). The third-order valence-corrected chi connectivity index (χ3v) is 3.69. The number of imidazole rings is 1. The lowest BCUT2D eigenvalue weighted by Gasteiger charge is -2.11. The first-order valence-electron chi connectivity index (χ1n) is 6.09. The quantitative estimate of drug-likeness (QED) is 0.618. The summed E-state index contributed by atoms with van der Waals surface area (Å²) in [5.74, 6) is 0.613. The van der Waals surface area contributed by atoms with Gasteiger partial charge in [-0.1, -0.05) is 17.7 Å². The molecule has 2 aromatic carbocycles. The molecule has 0 amide bonds. The van der Waals surface area contributed by atoms with Gasteiger partial charge in [-0.05, 0) is 42.8 Å². The number of nitrogens with zero attached hydrogens (tertiary/aromatic N) is 2. The van der Waals surface area contributed by atoms with Gasteiger partial charge in [0, 0.05) is 5.02 Å². The van der Waals surface area contributed by atoms with Gasteiger partial charge >= 0.3 is 0 Å². The van der Waals surface area contributed by atoms with Crippen molar-refractivity contribution < 1.29 is 4.39 Å². The Labute approximate surface area is 125 Å². The predicted octanol–water partition coefficient (Wildman–Crippen LogP) is 4.87. The Bertz CT molecular complexity index is 796. The molecule has 0 atom stereocenters. The molecule has 0 unspecified atom stereocenters. The minimum absolute atomic E-state index is 0.238. The van der Waals surface area contributed by atoms with Crippen LogP contribution in [-0.4, -0.2) is 9.55 Å². The lowest BCUT2D eigenvalue weighted by Crippen LogP contribution is -2.02. The van der Waals surface area contributed by atoms with Crippen LogP contribution in [0.4, 0.5) is 4.39 Å². The number of alkyl halides is 1. The Balaban J connectivity index is 2.37. The Morgan fingerprint density at radius 1 is 1.20 bits per heavy atom. The summed E-state index contributed by atoms with van der Waals surface area (Å²) >= 11 is 12.0. The summed E-state index contributed by atoms with van der Waals surface area (Å²) in [6.07, 6.45) is 0. The maximum absolute atomic E-state index is 13.6. The van der Waals surface area contributed by atoms with E-state index < -0.39 is 0 Å². The van der Waals surface area contributed by atoms with Crippen LogP contribution < -0.4 is 0 Å². The van der Waals surface area contributed by atoms with Gasteiger partial charge in [0.15, 0.2) is 0 Å². The molecule has 0 radical (unpaired) electrons. The third kappa shape index (κ3) is 2.17. The first kappa shape index (κ1) is 13.4. The molecule has 0 aliphatic heterocycles. The van der Waals surface area contributed by atoms with Crippen LogP contribution in [0, 0.1) is 12.7 Å². The maximum atomic E-state index is 13.6. The zero-order valence-corrected chi connectivity index (χ0v) is 12.2. The van der Waals surface area contributed by atoms with E-state index in [1.165, 1.54) is 12.1 Å². The van der Waals surface area contributed by atoms with Crippen LogP contribution in [0.15, 0.2) is 36.4 Å². The SMILES string of the molecule is Cc1ccc(F)cc1-n1c(CCl)nc2cc(Cl)ccc21. The topological polar surface area (TPSA) is 17.8 Å². The number of aromatic nitrogens is 2. The molecule has 1 heterocycles. The van der Waals surface area contributed by atoms with Crippen molar-refractivity contribution in [2.24, 2.45) is 0 Å². The molecule has 0 aliphatic rings. The van der Waals surface area contributed by atoms with Gasteiger partial charge in [-0.25, -0.2) is 9.37 Å². The van der Waals surface area contributed by atoms with Crippen molar-refractivity contribution in [1.82, 2.24) is 9.55 Å². The molecule has 0 bridgehead atoms. The molecular weight excluding hydrogens is 298 g/mol. The fraction of sp³-hybridized carbons (Fsp3) is 0.133. The molecule has 20 heavy (non-hydrogen) atoms. The van der Waals surface area contributed by atoms with Crippen LogP contribution >= 0.6 is 23.2 Å². The first-order chi connectivity index (χ1) is 9.60. The zero-order chi connectivity index (χ0) is 14.3. The van der Waals surface area contributed by atoms with Crippen LogP contribution in [0.3, 0.4) is 0 Å². The van der Waals surface area contributed by atoms with Crippen molar-refractivity contribution in [3.63, 3.8) is 0 Å². The highest BCUT2D eigenvalue weighted by atomic mass is 35.5. The first-order valence-corrected chi connectivity index (χ1v) is 7.01. The number of benzene rings is 2. The van der Waals surface area contributed by atoms with Gasteiger partial charge in [0.25, 0.3) is 0 Å². The van der Waals surface area contributed by atoms with Gasteiger partial charge in [-0.15, -0.1) is 11.6 Å². The molecule has 2 nitrogen and oxygen atoms in total. The second kappa shape index (κ2) is 5.08. The fourth-order valence-electron chi connectivity index (χ4n) is 2.29. The number of rotatable bonds is 2. The van der Waals surface area contributed by atoms with Gasteiger partial charge in [0.2, 0.25) is 0 Å². The average molecular weight is 309 g/mol. The van der Waals surface area contributed by atoms with Crippen molar-refractivity contribution in [3.8, 4) is 5.69 Å². The van der Waals surface area contributed by atoms with E-state index in [-0.39, 0.29) is 11.7 Å². The number of fused-ring (bicyclic) bond motifs is 1. The third-order valence-electron chi connectivity index (χ3n) is 3.22. The van der Waals surface area contributed by atoms with Crippen molar-refractivity contribution in [2.45, 2.75) is 12.8 Å². The standard InChI is InChI=1S/C15H11Cl2FN2/c1-9-2-4-11(18)7-14(9)20-13-5-3-10(17)6-12(13)19-15(20)8-16/h2-7H,8H2,1H3. The summed E-state index contributed by atoms with van der Waals surface area (Å²) in [4.78, 5) is 4.46. The molecular formula is C15H11Cl2FN2. The van der Waals surface area contributed by atoms with Gasteiger partial charge in [-0.2, -0.15) is 0 Å². The molecule has 0 N–H and O–H groups in total. The van der Waals surface area contributed by atoms with Crippen LogP contribution in [0.5, 0.6) is 0 Å². The smallest absolute Gasteiger partial charge is 0.129 e. The normalized spacial score (nSPS) is 11.2. The molecule has 1 aromatic heterocycles. The van der Waals surface area contributed by atoms with E-state index in [2.05, 4.69) is 4.98 Å². The van der Waals surface area contributed by atoms with E-state index in [9.17, 15) is 4.39 Å². The molecule has 102 valence electrons. The second-order valence-electron chi connectivity index (χ2n) is 4.56. The van der Waals surface area contributed by atoms with Crippen LogP contribution in [-0.2, 0) is 5.88 Å². The summed E-state index contributed by atoms with van der Waals surface area (Å²) in [7, 11) is 0. The summed E-state index contributed by atoms with van der Waals surface area (Å²) in [6, 6.07) is 10.1. The Hall–Kier alpha value is -1.58. The summed E-state index contributed by atoms with van der Waals surface area (Å²) in [6.45, 7) is 1.93. The van der Waals surface area contributed by atoms with Crippen molar-refractivity contribution >= 4 is 34.2 Å². The minimum atomic E-state index is -0.290. The largest absolute Gasteiger partial charge is 0.295 e. The van der Waals surface area contributed by atoms with Gasteiger partial charge in [0.1, 0.15) is 11.6 Å². The summed E-state index contributed by atoms with van der Waals surface area (Å²) in [5.41, 5.74) is 3.30. The van der Waals surface area contributed by atoms with E-state index in [4.69, 9.17) is 23.2 Å². The lowest BCUT2D eigenvalue weighted by atomic mass is 10.2. The highest BCUT2D eigenvalue weighted by Crippen LogP contribution is 2.27. The van der Waals surface area contributed by atoms with Gasteiger partial charge in [0.05, 0.1) is 22.6 Å². The average Bonchev–Trinajstić information content (AvgIpc) is 2.78. The Kier molecular flexibility index (Phi) is 3.40. The molecule has 0 spiro atoms. The van der Waals surface area contributed by atoms with Crippen molar-refractivity contribution in [1.29, 1.82) is 0 Å². The number of halogens is 3. The summed E-state index contributed by atoms with van der Waals surface area (Å²) < 4.78 is 15.4. The Morgan fingerprint density at radius 3 is 2.75 bits per heavy atom. The second-order valence-corrected chi connectivity index (χ2v) is 5.26. The van der Waals surface area contributed by atoms with E-state index in [1.807, 2.05) is 17.6 Å². The molecule has 3 aromatic rings. The van der Waals surface area contributed by atoms with E-state index in [0.717, 1.165) is 22.3 Å². The van der Waals surface area contributed by atoms with E-state index >= 15 is 0 Å². The molecule has 5 heteroatoms. The summed E-state index contributed by atoms with van der Waals surface area (Å²) in [5, 5.41) is 0.610. The highest BCUT2D eigenvalue weighted by molar-refractivity contribution is 6.31. The van der Waals surface area contributed by atoms with E-state index in [0.29, 0.717) is 10.8 Å². The number of hydrogen-bond acceptors (Lipinski definition) is 1. The van der Waals surface area contributed by atoms with Crippen LogP contribution in [0.1, 0.15) is 11.4 Å². The van der Waals surface area contributed by atoms with Crippen LogP contribution in [0.2, 0.25) is 5.02 Å². The molecule has 0 saturated heterocycles. The highest BCUT2D eigenvalue weighted by Gasteiger charge is 2.14. The van der Waals surface area contributed by atoms with Crippen LogP contribution in [0.25, 0.3) is 16.7 Å². The molecule has 0 aliphatic carbocycles. The molecule has 0 saturated carbocycles.